The number of hydrogen-bond donors (Lipinski definition) is 1. The van der Waals surface area contributed by atoms with Gasteiger partial charge in [0.15, 0.2) is 0 Å². The van der Waals surface area contributed by atoms with E-state index in [-0.39, 0.29) is 40.1 Å². The number of furan rings is 1. The van der Waals surface area contributed by atoms with Gasteiger partial charge in [0.05, 0.1) is 41.1 Å². The van der Waals surface area contributed by atoms with Gasteiger partial charge in [0.25, 0.3) is 11.5 Å². The van der Waals surface area contributed by atoms with E-state index in [2.05, 4.69) is 10.3 Å². The van der Waals surface area contributed by atoms with Crippen molar-refractivity contribution in [1.29, 1.82) is 0 Å². The molecule has 0 bridgehead atoms. The molecule has 0 fully saturated rings. The summed E-state index contributed by atoms with van der Waals surface area (Å²) in [6, 6.07) is 18.8. The van der Waals surface area contributed by atoms with Crippen molar-refractivity contribution in [2.75, 3.05) is 38.4 Å². The van der Waals surface area contributed by atoms with Crippen molar-refractivity contribution in [2.45, 2.75) is 13.0 Å². The summed E-state index contributed by atoms with van der Waals surface area (Å²) >= 11 is 0. The number of nitrogens with one attached hydrogen (secondary N) is 1. The summed E-state index contributed by atoms with van der Waals surface area (Å²) in [6.07, 6.45) is 1.06. The average Bonchev–Trinajstić information content (AvgIpc) is 3.45. The molecule has 252 valence electrons. The number of benzene rings is 4. The number of aryl methyl sites for hydroxylation is 1. The smallest absolute Gasteiger partial charge is 0.262 e. The van der Waals surface area contributed by atoms with Gasteiger partial charge in [0.2, 0.25) is 10.0 Å². The number of carbonyl (C=O) groups excluding carboxylic acids is 1. The fourth-order valence-electron chi connectivity index (χ4n) is 5.96. The predicted molar refractivity (Wildman–Crippen MR) is 184 cm³/mol. The van der Waals surface area contributed by atoms with Crippen LogP contribution in [0.2, 0.25) is 0 Å². The first-order valence-corrected chi connectivity index (χ1v) is 17.0. The van der Waals surface area contributed by atoms with E-state index < -0.39 is 33.6 Å². The molecule has 2 aromatic heterocycles. The summed E-state index contributed by atoms with van der Waals surface area (Å²) in [5, 5.41) is 3.23. The summed E-state index contributed by atoms with van der Waals surface area (Å²) in [5.41, 5.74) is 2.57. The highest BCUT2D eigenvalue weighted by Crippen LogP contribution is 2.41. The molecule has 13 heteroatoms. The number of rotatable bonds is 9. The normalized spacial score (nSPS) is 12.4. The summed E-state index contributed by atoms with van der Waals surface area (Å²) in [6.45, 7) is 1.81. The van der Waals surface area contributed by atoms with Gasteiger partial charge < -0.3 is 14.5 Å². The van der Waals surface area contributed by atoms with Crippen LogP contribution in [-0.2, 0) is 14.8 Å². The molecule has 1 amide bonds. The van der Waals surface area contributed by atoms with E-state index >= 15 is 0 Å². The monoisotopic (exact) mass is 686 g/mol. The van der Waals surface area contributed by atoms with E-state index in [9.17, 15) is 26.8 Å². The van der Waals surface area contributed by atoms with Crippen LogP contribution >= 0.6 is 0 Å². The van der Waals surface area contributed by atoms with Gasteiger partial charge in [-0.1, -0.05) is 18.2 Å². The predicted octanol–water partition coefficient (Wildman–Crippen LogP) is 6.05. The van der Waals surface area contributed by atoms with Crippen LogP contribution in [0.1, 0.15) is 27.8 Å². The first kappa shape index (κ1) is 33.5. The number of hydrogen-bond acceptors (Lipinski definition) is 7. The molecule has 0 saturated heterocycles. The summed E-state index contributed by atoms with van der Waals surface area (Å²) in [7, 11) is 0.561. The Balaban J connectivity index is 1.62. The van der Waals surface area contributed by atoms with E-state index in [0.29, 0.717) is 39.0 Å². The van der Waals surface area contributed by atoms with Crippen molar-refractivity contribution in [3.8, 4) is 22.5 Å². The van der Waals surface area contributed by atoms with Crippen LogP contribution in [0.15, 0.2) is 88.1 Å². The minimum atomic E-state index is -3.80. The van der Waals surface area contributed by atoms with E-state index in [0.717, 1.165) is 10.6 Å². The third-order valence-electron chi connectivity index (χ3n) is 8.48. The molecule has 4 aromatic carbocycles. The van der Waals surface area contributed by atoms with Crippen LogP contribution in [0.5, 0.6) is 0 Å². The van der Waals surface area contributed by atoms with Gasteiger partial charge in [-0.15, -0.1) is 0 Å². The average molecular weight is 687 g/mol. The number of sulfonamides is 1. The molecule has 1 N–H and O–H groups in total. The Kier molecular flexibility index (Phi) is 8.82. The van der Waals surface area contributed by atoms with Gasteiger partial charge in [-0.3, -0.25) is 18.5 Å². The molecule has 0 saturated carbocycles. The summed E-state index contributed by atoms with van der Waals surface area (Å²) in [5.74, 6) is -0.770. The second-order valence-corrected chi connectivity index (χ2v) is 13.6. The second-order valence-electron chi connectivity index (χ2n) is 11.6. The Morgan fingerprint density at radius 2 is 1.61 bits per heavy atom. The minimum absolute atomic E-state index is 0.109. The van der Waals surface area contributed by atoms with Crippen LogP contribution in [0.4, 0.5) is 14.5 Å². The molecule has 6 aromatic rings. The Bertz CT molecular complexity index is 2410. The van der Waals surface area contributed by atoms with Crippen molar-refractivity contribution < 1.29 is 31.1 Å². The maximum atomic E-state index is 14.2. The number of ether oxygens (including phenoxy) is 1. The SMILES string of the molecule is CNC(=O)c1c(-c2ccc(F)cc2)oc2cc(N(C)S(C)(=O)=O)c(-c3ccc4nc(C)n([C@@H](COC)c5ccc(F)cc5)c(=O)c4c3)cc12. The number of halogens is 2. The maximum absolute atomic E-state index is 14.2. The Morgan fingerprint density at radius 1 is 0.980 bits per heavy atom. The largest absolute Gasteiger partial charge is 0.455 e. The Hall–Kier alpha value is -5.40. The lowest BCUT2D eigenvalue weighted by Gasteiger charge is -2.23. The Labute approximate surface area is 280 Å². The molecular weight excluding hydrogens is 654 g/mol. The number of fused-ring (bicyclic) bond motifs is 2. The van der Waals surface area contributed by atoms with Gasteiger partial charge in [0, 0.05) is 43.8 Å². The molecule has 0 aliphatic heterocycles. The van der Waals surface area contributed by atoms with Gasteiger partial charge >= 0.3 is 0 Å². The van der Waals surface area contributed by atoms with E-state index in [4.69, 9.17) is 9.15 Å². The van der Waals surface area contributed by atoms with E-state index in [1.54, 1.807) is 43.3 Å². The highest BCUT2D eigenvalue weighted by Gasteiger charge is 2.27. The molecule has 49 heavy (non-hydrogen) atoms. The first-order chi connectivity index (χ1) is 23.3. The fourth-order valence-corrected chi connectivity index (χ4v) is 6.47. The standard InChI is InChI=1S/C36H32F2N4O6S/c1-20-40-29-15-10-23(16-27(29)36(44)42(20)31(19-47-4)21-6-11-24(37)12-7-21)26-17-28-32(18-30(26)41(3)49(5,45)46)48-34(33(28)35(43)39-2)22-8-13-25(38)14-9-22/h6-18,31H,19H2,1-5H3,(H,39,43)/t31-/m0/s1. The number of anilines is 1. The molecule has 0 radical (unpaired) electrons. The molecule has 1 atom stereocenters. The van der Waals surface area contributed by atoms with Crippen molar-refractivity contribution in [2.24, 2.45) is 0 Å². The van der Waals surface area contributed by atoms with Crippen molar-refractivity contribution in [3.63, 3.8) is 0 Å². The first-order valence-electron chi connectivity index (χ1n) is 15.1. The summed E-state index contributed by atoms with van der Waals surface area (Å²) < 4.78 is 67.5. The molecule has 10 nitrogen and oxygen atoms in total. The fraction of sp³-hybridized carbons (Fsp3) is 0.194. The number of methoxy groups -OCH3 is 1. The van der Waals surface area contributed by atoms with Gasteiger partial charge in [0.1, 0.15) is 28.8 Å². The van der Waals surface area contributed by atoms with Crippen LogP contribution in [0, 0.1) is 18.6 Å². The highest BCUT2D eigenvalue weighted by molar-refractivity contribution is 7.92. The number of nitrogens with zero attached hydrogens (tertiary/aromatic N) is 3. The number of amides is 1. The van der Waals surface area contributed by atoms with Crippen LogP contribution < -0.4 is 15.2 Å². The van der Waals surface area contributed by atoms with Crippen LogP contribution in [-0.4, -0.2) is 57.9 Å². The van der Waals surface area contributed by atoms with Crippen molar-refractivity contribution >= 4 is 43.5 Å². The molecular formula is C36H32F2N4O6S. The minimum Gasteiger partial charge on any atom is -0.455 e. The van der Waals surface area contributed by atoms with Crippen LogP contribution in [0.3, 0.4) is 0 Å². The molecule has 0 unspecified atom stereocenters. The molecule has 0 aliphatic rings. The van der Waals surface area contributed by atoms with Crippen molar-refractivity contribution in [1.82, 2.24) is 14.9 Å². The van der Waals surface area contributed by atoms with E-state index in [1.165, 1.54) is 68.2 Å². The lowest BCUT2D eigenvalue weighted by atomic mass is 9.97. The number of carbonyl (C=O) groups is 1. The third kappa shape index (κ3) is 6.18. The number of aromatic nitrogens is 2. The van der Waals surface area contributed by atoms with Crippen molar-refractivity contribution in [3.05, 3.63) is 118 Å². The zero-order chi connectivity index (χ0) is 35.2. The van der Waals surface area contributed by atoms with Crippen LogP contribution in [0.25, 0.3) is 44.3 Å². The van der Waals surface area contributed by atoms with E-state index in [1.807, 2.05) is 0 Å². The highest BCUT2D eigenvalue weighted by atomic mass is 32.2. The Morgan fingerprint density at radius 3 is 2.22 bits per heavy atom. The quantitative estimate of drug-likeness (QED) is 0.196. The lowest BCUT2D eigenvalue weighted by Crippen LogP contribution is -2.31. The van der Waals surface area contributed by atoms with Gasteiger partial charge in [-0.25, -0.2) is 22.2 Å². The second kappa shape index (κ2) is 12.9. The zero-order valence-electron chi connectivity index (χ0n) is 27.2. The molecule has 0 spiro atoms. The zero-order valence-corrected chi connectivity index (χ0v) is 28.1. The molecule has 2 heterocycles. The van der Waals surface area contributed by atoms with Gasteiger partial charge in [-0.2, -0.15) is 0 Å². The molecule has 6 rings (SSSR count). The summed E-state index contributed by atoms with van der Waals surface area (Å²) in [4.78, 5) is 32.2. The third-order valence-corrected chi connectivity index (χ3v) is 9.67. The lowest BCUT2D eigenvalue weighted by molar-refractivity contribution is 0.0964. The maximum Gasteiger partial charge on any atom is 0.262 e. The topological polar surface area (TPSA) is 124 Å². The molecule has 0 aliphatic carbocycles. The van der Waals surface area contributed by atoms with Gasteiger partial charge in [-0.05, 0) is 72.6 Å².